The summed E-state index contributed by atoms with van der Waals surface area (Å²) in [6.45, 7) is 1.61. The Hall–Kier alpha value is -1.32. The Morgan fingerprint density at radius 2 is 2.11 bits per heavy atom. The number of nitrogens with zero attached hydrogens (tertiary/aromatic N) is 4. The average Bonchev–Trinajstić information content (AvgIpc) is 3.32. The Balaban J connectivity index is 0.00000280. The van der Waals surface area contributed by atoms with Gasteiger partial charge in [-0.15, -0.1) is 24.0 Å². The molecule has 0 saturated heterocycles. The monoisotopic (exact) mass is 516 g/mol. The highest BCUT2D eigenvalue weighted by Gasteiger charge is 2.44. The standard InChI is InChI=1S/C20H29ClN6.HI/c1-22-19(23-12-18(26(2)3)15-11-25-27(4)13-15)24-14-20(8-9-20)16-6-5-7-17(21)10-16;/h5-7,10-11,13,18H,8-9,12,14H2,1-4H3,(H2,22,23,24);1H. The van der Waals surface area contributed by atoms with Gasteiger partial charge in [-0.05, 0) is 44.6 Å². The molecule has 2 N–H and O–H groups in total. The number of hydrogen-bond acceptors (Lipinski definition) is 3. The number of likely N-dealkylation sites (N-methyl/N-ethyl adjacent to an activating group) is 1. The van der Waals surface area contributed by atoms with Crippen LogP contribution in [0.4, 0.5) is 0 Å². The fourth-order valence-electron chi connectivity index (χ4n) is 3.41. The van der Waals surface area contributed by atoms with E-state index in [0.29, 0.717) is 0 Å². The molecule has 1 atom stereocenters. The highest BCUT2D eigenvalue weighted by molar-refractivity contribution is 14.0. The smallest absolute Gasteiger partial charge is 0.191 e. The molecule has 1 aliphatic rings. The molecule has 1 aliphatic carbocycles. The normalized spacial score (nSPS) is 16.4. The first kappa shape index (κ1) is 23.0. The fraction of sp³-hybridized carbons (Fsp3) is 0.500. The summed E-state index contributed by atoms with van der Waals surface area (Å²) in [7, 11) is 7.90. The van der Waals surface area contributed by atoms with Gasteiger partial charge in [0.25, 0.3) is 0 Å². The molecule has 0 bridgehead atoms. The lowest BCUT2D eigenvalue weighted by molar-refractivity contribution is 0.298. The first-order valence-corrected chi connectivity index (χ1v) is 9.67. The molecule has 1 saturated carbocycles. The van der Waals surface area contributed by atoms with Crippen LogP contribution in [0.3, 0.4) is 0 Å². The molecule has 0 radical (unpaired) electrons. The summed E-state index contributed by atoms with van der Waals surface area (Å²) in [6.07, 6.45) is 6.32. The second-order valence-electron chi connectivity index (χ2n) is 7.52. The molecule has 1 heterocycles. The van der Waals surface area contributed by atoms with Crippen LogP contribution in [0.15, 0.2) is 41.7 Å². The maximum Gasteiger partial charge on any atom is 0.191 e. The fourth-order valence-corrected chi connectivity index (χ4v) is 3.60. The number of guanidine groups is 1. The van der Waals surface area contributed by atoms with Crippen LogP contribution in [0.5, 0.6) is 0 Å². The summed E-state index contributed by atoms with van der Waals surface area (Å²) < 4.78 is 1.83. The lowest BCUT2D eigenvalue weighted by atomic mass is 9.96. The number of aryl methyl sites for hydroxylation is 1. The van der Waals surface area contributed by atoms with Crippen molar-refractivity contribution in [1.82, 2.24) is 25.3 Å². The number of aliphatic imine (C=N–C) groups is 1. The van der Waals surface area contributed by atoms with E-state index in [1.54, 1.807) is 0 Å². The van der Waals surface area contributed by atoms with E-state index >= 15 is 0 Å². The van der Waals surface area contributed by atoms with E-state index in [1.807, 2.05) is 37.1 Å². The van der Waals surface area contributed by atoms with Crippen molar-refractivity contribution in [2.24, 2.45) is 12.0 Å². The Labute approximate surface area is 189 Å². The van der Waals surface area contributed by atoms with Crippen LogP contribution in [-0.4, -0.2) is 54.9 Å². The molecule has 0 amide bonds. The Morgan fingerprint density at radius 1 is 1.36 bits per heavy atom. The number of aromatic nitrogens is 2. The molecule has 28 heavy (non-hydrogen) atoms. The second-order valence-corrected chi connectivity index (χ2v) is 7.96. The topological polar surface area (TPSA) is 57.5 Å². The Morgan fingerprint density at radius 3 is 2.64 bits per heavy atom. The van der Waals surface area contributed by atoms with Crippen molar-refractivity contribution in [1.29, 1.82) is 0 Å². The first-order chi connectivity index (χ1) is 12.9. The number of rotatable bonds is 7. The maximum absolute atomic E-state index is 6.17. The van der Waals surface area contributed by atoms with Crippen LogP contribution < -0.4 is 10.6 Å². The molecule has 1 unspecified atom stereocenters. The Kier molecular flexibility index (Phi) is 8.15. The van der Waals surface area contributed by atoms with Gasteiger partial charge in [-0.2, -0.15) is 5.10 Å². The van der Waals surface area contributed by atoms with Crippen LogP contribution in [0.1, 0.15) is 30.0 Å². The minimum Gasteiger partial charge on any atom is -0.356 e. The van der Waals surface area contributed by atoms with E-state index in [9.17, 15) is 0 Å². The third-order valence-corrected chi connectivity index (χ3v) is 5.54. The molecular formula is C20H30ClIN6. The third kappa shape index (κ3) is 5.61. The van der Waals surface area contributed by atoms with Crippen molar-refractivity contribution in [2.75, 3.05) is 34.2 Å². The molecule has 6 nitrogen and oxygen atoms in total. The average molecular weight is 517 g/mol. The molecule has 1 aromatic carbocycles. The van der Waals surface area contributed by atoms with E-state index in [4.69, 9.17) is 11.6 Å². The van der Waals surface area contributed by atoms with Crippen molar-refractivity contribution in [3.05, 3.63) is 52.8 Å². The van der Waals surface area contributed by atoms with Gasteiger partial charge in [-0.1, -0.05) is 23.7 Å². The SMILES string of the molecule is CN=C(NCC(c1cnn(C)c1)N(C)C)NCC1(c2cccc(Cl)c2)CC1.I. The van der Waals surface area contributed by atoms with Crippen LogP contribution in [0.2, 0.25) is 5.02 Å². The second kappa shape index (κ2) is 9.93. The van der Waals surface area contributed by atoms with Crippen LogP contribution in [-0.2, 0) is 12.5 Å². The lowest BCUT2D eigenvalue weighted by Gasteiger charge is -2.25. The van der Waals surface area contributed by atoms with E-state index in [-0.39, 0.29) is 35.4 Å². The predicted molar refractivity (Wildman–Crippen MR) is 127 cm³/mol. The van der Waals surface area contributed by atoms with Gasteiger partial charge in [-0.25, -0.2) is 0 Å². The number of benzene rings is 1. The van der Waals surface area contributed by atoms with Crippen molar-refractivity contribution < 1.29 is 0 Å². The van der Waals surface area contributed by atoms with Crippen LogP contribution >= 0.6 is 35.6 Å². The van der Waals surface area contributed by atoms with Gasteiger partial charge in [0.2, 0.25) is 0 Å². The van der Waals surface area contributed by atoms with Crippen molar-refractivity contribution >= 4 is 41.5 Å². The van der Waals surface area contributed by atoms with Crippen molar-refractivity contribution in [3.8, 4) is 0 Å². The van der Waals surface area contributed by atoms with Gasteiger partial charge in [-0.3, -0.25) is 9.67 Å². The largest absolute Gasteiger partial charge is 0.356 e. The van der Waals surface area contributed by atoms with Gasteiger partial charge in [0, 0.05) is 49.4 Å². The van der Waals surface area contributed by atoms with Gasteiger partial charge in [0.1, 0.15) is 0 Å². The van der Waals surface area contributed by atoms with Gasteiger partial charge >= 0.3 is 0 Å². The maximum atomic E-state index is 6.17. The quantitative estimate of drug-likeness (QED) is 0.337. The predicted octanol–water partition coefficient (Wildman–Crippen LogP) is 3.19. The number of nitrogens with one attached hydrogen (secondary N) is 2. The summed E-state index contributed by atoms with van der Waals surface area (Å²) in [5.41, 5.74) is 2.66. The molecule has 1 aromatic heterocycles. The summed E-state index contributed by atoms with van der Waals surface area (Å²) in [4.78, 5) is 6.58. The molecule has 3 rings (SSSR count). The zero-order valence-corrected chi connectivity index (χ0v) is 20.0. The molecular weight excluding hydrogens is 487 g/mol. The zero-order chi connectivity index (χ0) is 19.4. The van der Waals surface area contributed by atoms with Gasteiger partial charge < -0.3 is 15.5 Å². The van der Waals surface area contributed by atoms with E-state index in [0.717, 1.165) is 24.1 Å². The number of halogens is 2. The van der Waals surface area contributed by atoms with Crippen molar-refractivity contribution in [3.63, 3.8) is 0 Å². The minimum atomic E-state index is 0. The molecule has 0 spiro atoms. The molecule has 1 fully saturated rings. The van der Waals surface area contributed by atoms with E-state index in [2.05, 4.69) is 58.0 Å². The summed E-state index contributed by atoms with van der Waals surface area (Å²) in [5, 5.41) is 12.0. The highest BCUT2D eigenvalue weighted by atomic mass is 127. The summed E-state index contributed by atoms with van der Waals surface area (Å²) >= 11 is 6.17. The molecule has 8 heteroatoms. The molecule has 2 aromatic rings. The van der Waals surface area contributed by atoms with Gasteiger partial charge in [0.15, 0.2) is 5.96 Å². The summed E-state index contributed by atoms with van der Waals surface area (Å²) in [5.74, 6) is 0.819. The third-order valence-electron chi connectivity index (χ3n) is 5.30. The van der Waals surface area contributed by atoms with Gasteiger partial charge in [0.05, 0.1) is 12.2 Å². The lowest BCUT2D eigenvalue weighted by Crippen LogP contribution is -2.44. The minimum absolute atomic E-state index is 0. The van der Waals surface area contributed by atoms with Crippen LogP contribution in [0, 0.1) is 0 Å². The zero-order valence-electron chi connectivity index (χ0n) is 16.9. The first-order valence-electron chi connectivity index (χ1n) is 9.29. The number of hydrogen-bond donors (Lipinski definition) is 2. The van der Waals surface area contributed by atoms with E-state index < -0.39 is 0 Å². The van der Waals surface area contributed by atoms with Crippen molar-refractivity contribution in [2.45, 2.75) is 24.3 Å². The molecule has 0 aliphatic heterocycles. The van der Waals surface area contributed by atoms with Crippen LogP contribution in [0.25, 0.3) is 0 Å². The molecule has 154 valence electrons. The summed E-state index contributed by atoms with van der Waals surface area (Å²) in [6, 6.07) is 8.42. The Bertz CT molecular complexity index is 799. The highest BCUT2D eigenvalue weighted by Crippen LogP contribution is 2.48. The van der Waals surface area contributed by atoms with E-state index in [1.165, 1.54) is 24.0 Å².